The predicted octanol–water partition coefficient (Wildman–Crippen LogP) is 2.35. The van der Waals surface area contributed by atoms with Gasteiger partial charge in [0.1, 0.15) is 11.4 Å². The Labute approximate surface area is 120 Å². The maximum atomic E-state index is 6.05. The van der Waals surface area contributed by atoms with E-state index >= 15 is 0 Å². The molecule has 5 nitrogen and oxygen atoms in total. The molecule has 3 aromatic rings. The molecule has 0 atom stereocenters. The van der Waals surface area contributed by atoms with Crippen LogP contribution in [0.25, 0.3) is 5.78 Å². The molecule has 20 heavy (non-hydrogen) atoms. The van der Waals surface area contributed by atoms with E-state index in [-0.39, 0.29) is 0 Å². The molecule has 1 aliphatic carbocycles. The molecule has 0 amide bonds. The SMILES string of the molecule is Nc1ccccc1Sc1c2c(nc3ncnn13)CCC2. The number of nitrogens with two attached hydrogens (primary N) is 1. The highest BCUT2D eigenvalue weighted by atomic mass is 32.2. The Bertz CT molecular complexity index is 795. The van der Waals surface area contributed by atoms with Crippen molar-refractivity contribution in [2.75, 3.05) is 5.73 Å². The molecule has 0 unspecified atom stereocenters. The van der Waals surface area contributed by atoms with E-state index < -0.39 is 0 Å². The van der Waals surface area contributed by atoms with Gasteiger partial charge in [-0.3, -0.25) is 0 Å². The molecular weight excluding hydrogens is 270 g/mol. The minimum Gasteiger partial charge on any atom is -0.398 e. The first-order chi connectivity index (χ1) is 9.83. The van der Waals surface area contributed by atoms with Crippen molar-refractivity contribution in [3.05, 3.63) is 41.9 Å². The van der Waals surface area contributed by atoms with Crippen LogP contribution in [0.15, 0.2) is 40.5 Å². The first kappa shape index (κ1) is 11.7. The van der Waals surface area contributed by atoms with E-state index in [1.807, 2.05) is 28.8 Å². The summed E-state index contributed by atoms with van der Waals surface area (Å²) in [7, 11) is 0. The third-order valence-electron chi connectivity index (χ3n) is 3.53. The molecule has 2 heterocycles. The van der Waals surface area contributed by atoms with Gasteiger partial charge < -0.3 is 5.73 Å². The van der Waals surface area contributed by atoms with Gasteiger partial charge in [0.25, 0.3) is 5.78 Å². The van der Waals surface area contributed by atoms with E-state index in [1.54, 1.807) is 18.1 Å². The molecule has 0 saturated carbocycles. The molecule has 4 rings (SSSR count). The fraction of sp³-hybridized carbons (Fsp3) is 0.214. The van der Waals surface area contributed by atoms with Crippen molar-refractivity contribution in [3.8, 4) is 0 Å². The van der Waals surface area contributed by atoms with Gasteiger partial charge in [-0.1, -0.05) is 23.9 Å². The lowest BCUT2D eigenvalue weighted by atomic mass is 10.3. The number of para-hydroxylation sites is 1. The highest BCUT2D eigenvalue weighted by Crippen LogP contribution is 2.37. The summed E-state index contributed by atoms with van der Waals surface area (Å²) in [5, 5.41) is 5.40. The fourth-order valence-corrected chi connectivity index (χ4v) is 3.67. The molecule has 0 fully saturated rings. The van der Waals surface area contributed by atoms with E-state index in [0.29, 0.717) is 5.78 Å². The summed E-state index contributed by atoms with van der Waals surface area (Å²) < 4.78 is 1.82. The van der Waals surface area contributed by atoms with Gasteiger partial charge in [0.05, 0.1) is 5.69 Å². The summed E-state index contributed by atoms with van der Waals surface area (Å²) in [6.45, 7) is 0. The van der Waals surface area contributed by atoms with E-state index in [1.165, 1.54) is 5.56 Å². The predicted molar refractivity (Wildman–Crippen MR) is 77.8 cm³/mol. The van der Waals surface area contributed by atoms with E-state index in [0.717, 1.165) is 40.6 Å². The largest absolute Gasteiger partial charge is 0.398 e. The Kier molecular flexibility index (Phi) is 2.63. The molecule has 2 N–H and O–H groups in total. The van der Waals surface area contributed by atoms with Crippen LogP contribution in [0.1, 0.15) is 17.7 Å². The van der Waals surface area contributed by atoms with Crippen molar-refractivity contribution in [2.45, 2.75) is 29.2 Å². The Hall–Kier alpha value is -2.08. The normalized spacial score (nSPS) is 13.8. The van der Waals surface area contributed by atoms with Crippen LogP contribution in [0.5, 0.6) is 0 Å². The molecule has 0 radical (unpaired) electrons. The maximum Gasteiger partial charge on any atom is 0.253 e. The van der Waals surface area contributed by atoms with Gasteiger partial charge in [-0.25, -0.2) is 4.98 Å². The molecule has 100 valence electrons. The minimum atomic E-state index is 0.669. The summed E-state index contributed by atoms with van der Waals surface area (Å²) in [4.78, 5) is 9.85. The number of aromatic nitrogens is 4. The second-order valence-electron chi connectivity index (χ2n) is 4.81. The van der Waals surface area contributed by atoms with Crippen molar-refractivity contribution in [2.24, 2.45) is 0 Å². The maximum absolute atomic E-state index is 6.05. The van der Waals surface area contributed by atoms with Gasteiger partial charge >= 0.3 is 0 Å². The standard InChI is InChI=1S/C14H13N5S/c15-10-5-1-2-7-12(10)20-13-9-4-3-6-11(9)18-14-16-8-17-19(13)14/h1-2,5,7-8H,3-4,6,15H2. The molecule has 0 saturated heterocycles. The number of anilines is 1. The van der Waals surface area contributed by atoms with Crippen LogP contribution in [0.2, 0.25) is 0 Å². The van der Waals surface area contributed by atoms with Crippen LogP contribution in [0.4, 0.5) is 5.69 Å². The zero-order chi connectivity index (χ0) is 13.5. The zero-order valence-electron chi connectivity index (χ0n) is 10.8. The number of benzene rings is 1. The van der Waals surface area contributed by atoms with Crippen LogP contribution in [-0.2, 0) is 12.8 Å². The highest BCUT2D eigenvalue weighted by molar-refractivity contribution is 7.99. The Balaban J connectivity index is 1.91. The first-order valence-electron chi connectivity index (χ1n) is 6.57. The quantitative estimate of drug-likeness (QED) is 0.577. The summed E-state index contributed by atoms with van der Waals surface area (Å²) >= 11 is 1.65. The topological polar surface area (TPSA) is 69.1 Å². The van der Waals surface area contributed by atoms with Crippen molar-refractivity contribution in [3.63, 3.8) is 0 Å². The lowest BCUT2D eigenvalue weighted by Gasteiger charge is -2.10. The summed E-state index contributed by atoms with van der Waals surface area (Å²) in [5.41, 5.74) is 9.28. The van der Waals surface area contributed by atoms with Gasteiger partial charge in [0.15, 0.2) is 0 Å². The van der Waals surface area contributed by atoms with Crippen LogP contribution >= 0.6 is 11.8 Å². The van der Waals surface area contributed by atoms with Gasteiger partial charge in [0, 0.05) is 16.1 Å². The molecule has 6 heteroatoms. The van der Waals surface area contributed by atoms with E-state index in [2.05, 4.69) is 15.1 Å². The molecule has 0 spiro atoms. The summed E-state index contributed by atoms with van der Waals surface area (Å²) in [6.07, 6.45) is 4.77. The van der Waals surface area contributed by atoms with Crippen molar-refractivity contribution >= 4 is 23.2 Å². The van der Waals surface area contributed by atoms with E-state index in [9.17, 15) is 0 Å². The van der Waals surface area contributed by atoms with Crippen LogP contribution in [0.3, 0.4) is 0 Å². The second kappa shape index (κ2) is 4.49. The third kappa shape index (κ3) is 1.76. The van der Waals surface area contributed by atoms with Crippen molar-refractivity contribution in [1.82, 2.24) is 19.6 Å². The van der Waals surface area contributed by atoms with Crippen LogP contribution in [-0.4, -0.2) is 19.6 Å². The molecule has 1 aliphatic rings. The lowest BCUT2D eigenvalue weighted by Crippen LogP contribution is -2.02. The highest BCUT2D eigenvalue weighted by Gasteiger charge is 2.22. The lowest BCUT2D eigenvalue weighted by molar-refractivity contribution is 0.810. The average Bonchev–Trinajstić information content (AvgIpc) is 3.09. The molecule has 0 aliphatic heterocycles. The van der Waals surface area contributed by atoms with Gasteiger partial charge in [0.2, 0.25) is 0 Å². The average molecular weight is 283 g/mol. The minimum absolute atomic E-state index is 0.669. The van der Waals surface area contributed by atoms with Crippen LogP contribution in [0, 0.1) is 0 Å². The van der Waals surface area contributed by atoms with Gasteiger partial charge in [-0.05, 0) is 31.4 Å². The Morgan fingerprint density at radius 2 is 2.10 bits per heavy atom. The number of nitrogens with zero attached hydrogens (tertiary/aromatic N) is 4. The molecule has 2 aromatic heterocycles. The van der Waals surface area contributed by atoms with Gasteiger partial charge in [-0.15, -0.1) is 0 Å². The van der Waals surface area contributed by atoms with E-state index in [4.69, 9.17) is 5.73 Å². The molecular formula is C14H13N5S. The number of hydrogen-bond acceptors (Lipinski definition) is 5. The fourth-order valence-electron chi connectivity index (χ4n) is 2.57. The van der Waals surface area contributed by atoms with Crippen molar-refractivity contribution < 1.29 is 0 Å². The zero-order valence-corrected chi connectivity index (χ0v) is 11.6. The second-order valence-corrected chi connectivity index (χ2v) is 5.84. The summed E-state index contributed by atoms with van der Waals surface area (Å²) in [5.74, 6) is 0.669. The third-order valence-corrected chi connectivity index (χ3v) is 4.73. The van der Waals surface area contributed by atoms with Crippen molar-refractivity contribution in [1.29, 1.82) is 0 Å². The number of nitrogen functional groups attached to an aromatic ring is 1. The number of fused-ring (bicyclic) bond motifs is 2. The molecule has 0 bridgehead atoms. The number of rotatable bonds is 2. The number of hydrogen-bond donors (Lipinski definition) is 1. The Morgan fingerprint density at radius 1 is 1.20 bits per heavy atom. The Morgan fingerprint density at radius 3 is 3.00 bits per heavy atom. The summed E-state index contributed by atoms with van der Waals surface area (Å²) in [6, 6.07) is 7.90. The number of aryl methyl sites for hydroxylation is 1. The van der Waals surface area contributed by atoms with Crippen LogP contribution < -0.4 is 5.73 Å². The first-order valence-corrected chi connectivity index (χ1v) is 7.38. The molecule has 1 aromatic carbocycles. The monoisotopic (exact) mass is 283 g/mol. The smallest absolute Gasteiger partial charge is 0.253 e. The van der Waals surface area contributed by atoms with Gasteiger partial charge in [-0.2, -0.15) is 14.6 Å².